The molecule has 5 heteroatoms. The van der Waals surface area contributed by atoms with Crippen molar-refractivity contribution in [2.75, 3.05) is 25.5 Å². The Morgan fingerprint density at radius 2 is 2.33 bits per heavy atom. The van der Waals surface area contributed by atoms with Crippen molar-refractivity contribution < 1.29 is 4.92 Å². The minimum Gasteiger partial charge on any atom is -0.383 e. The van der Waals surface area contributed by atoms with Crippen molar-refractivity contribution in [3.63, 3.8) is 0 Å². The van der Waals surface area contributed by atoms with E-state index in [1.165, 1.54) is 25.3 Å². The summed E-state index contributed by atoms with van der Waals surface area (Å²) in [6.07, 6.45) is 3.73. The first-order valence-corrected chi connectivity index (χ1v) is 6.35. The van der Waals surface area contributed by atoms with Gasteiger partial charge in [-0.2, -0.15) is 0 Å². The first-order chi connectivity index (χ1) is 8.66. The fourth-order valence-corrected chi connectivity index (χ4v) is 2.37. The number of piperidine rings is 1. The summed E-state index contributed by atoms with van der Waals surface area (Å²) < 4.78 is 0. The van der Waals surface area contributed by atoms with E-state index in [1.807, 2.05) is 6.07 Å². The van der Waals surface area contributed by atoms with Crippen molar-refractivity contribution in [3.8, 4) is 0 Å². The number of nitrogens with zero attached hydrogens (tertiary/aromatic N) is 2. The van der Waals surface area contributed by atoms with Crippen LogP contribution >= 0.6 is 0 Å². The molecule has 2 rings (SSSR count). The molecule has 1 fully saturated rings. The van der Waals surface area contributed by atoms with Crippen molar-refractivity contribution >= 4 is 11.4 Å². The van der Waals surface area contributed by atoms with Gasteiger partial charge in [0, 0.05) is 30.4 Å². The zero-order valence-corrected chi connectivity index (χ0v) is 10.6. The molecule has 1 aromatic rings. The number of hydrogen-bond donors (Lipinski definition) is 1. The fourth-order valence-electron chi connectivity index (χ4n) is 2.37. The van der Waals surface area contributed by atoms with E-state index in [9.17, 15) is 10.1 Å². The zero-order chi connectivity index (χ0) is 13.0. The van der Waals surface area contributed by atoms with Crippen LogP contribution in [0.3, 0.4) is 0 Å². The van der Waals surface area contributed by atoms with Crippen molar-refractivity contribution in [2.24, 2.45) is 0 Å². The average Bonchev–Trinajstić information content (AvgIpc) is 2.38. The summed E-state index contributed by atoms with van der Waals surface area (Å²) in [6, 6.07) is 7.21. The second-order valence-corrected chi connectivity index (χ2v) is 4.82. The summed E-state index contributed by atoms with van der Waals surface area (Å²) in [5.74, 6) is 0. The lowest BCUT2D eigenvalue weighted by Gasteiger charge is -2.32. The topological polar surface area (TPSA) is 58.4 Å². The molecule has 0 spiro atoms. The van der Waals surface area contributed by atoms with Crippen molar-refractivity contribution in [2.45, 2.75) is 25.3 Å². The van der Waals surface area contributed by atoms with E-state index >= 15 is 0 Å². The zero-order valence-electron chi connectivity index (χ0n) is 10.6. The maximum absolute atomic E-state index is 10.7. The van der Waals surface area contributed by atoms with Crippen LogP contribution in [0.2, 0.25) is 0 Å². The predicted molar refractivity (Wildman–Crippen MR) is 71.9 cm³/mol. The number of rotatable bonds is 4. The van der Waals surface area contributed by atoms with Gasteiger partial charge in [0.15, 0.2) is 0 Å². The van der Waals surface area contributed by atoms with Gasteiger partial charge in [-0.1, -0.05) is 12.5 Å². The van der Waals surface area contributed by atoms with E-state index in [0.717, 1.165) is 18.8 Å². The van der Waals surface area contributed by atoms with Gasteiger partial charge in [0.25, 0.3) is 5.69 Å². The molecular weight excluding hydrogens is 230 g/mol. The van der Waals surface area contributed by atoms with Gasteiger partial charge in [-0.25, -0.2) is 0 Å². The maximum atomic E-state index is 10.7. The predicted octanol–water partition coefficient (Wildman–Crippen LogP) is 2.49. The molecule has 0 saturated carbocycles. The Kier molecular flexibility index (Phi) is 4.15. The summed E-state index contributed by atoms with van der Waals surface area (Å²) in [5, 5.41) is 14.0. The Morgan fingerprint density at radius 1 is 1.50 bits per heavy atom. The quantitative estimate of drug-likeness (QED) is 0.658. The van der Waals surface area contributed by atoms with Crippen LogP contribution in [0.4, 0.5) is 11.4 Å². The summed E-state index contributed by atoms with van der Waals surface area (Å²) in [7, 11) is 2.14. The fraction of sp³-hybridized carbons (Fsp3) is 0.538. The number of likely N-dealkylation sites (N-methyl/N-ethyl adjacent to an activating group) is 1. The molecule has 1 N–H and O–H groups in total. The lowest BCUT2D eigenvalue weighted by molar-refractivity contribution is -0.384. The number of anilines is 1. The third-order valence-corrected chi connectivity index (χ3v) is 3.52. The van der Waals surface area contributed by atoms with Gasteiger partial charge in [0.2, 0.25) is 0 Å². The van der Waals surface area contributed by atoms with E-state index in [1.54, 1.807) is 12.1 Å². The Morgan fingerprint density at radius 3 is 3.06 bits per heavy atom. The van der Waals surface area contributed by atoms with Gasteiger partial charge in [-0.3, -0.25) is 10.1 Å². The van der Waals surface area contributed by atoms with Crippen molar-refractivity contribution in [3.05, 3.63) is 34.4 Å². The van der Waals surface area contributed by atoms with Gasteiger partial charge in [-0.05, 0) is 32.5 Å². The molecule has 1 aliphatic heterocycles. The lowest BCUT2D eigenvalue weighted by atomic mass is 10.0. The first kappa shape index (κ1) is 12.8. The Labute approximate surface area is 107 Å². The molecular formula is C13H19N3O2. The SMILES string of the molecule is CN1CCCCC1CNc1cccc([N+](=O)[O-])c1. The molecule has 18 heavy (non-hydrogen) atoms. The molecule has 0 aliphatic carbocycles. The first-order valence-electron chi connectivity index (χ1n) is 6.35. The minimum absolute atomic E-state index is 0.136. The molecule has 0 amide bonds. The van der Waals surface area contributed by atoms with Crippen LogP contribution in [0.15, 0.2) is 24.3 Å². The summed E-state index contributed by atoms with van der Waals surface area (Å²) in [4.78, 5) is 12.7. The number of nitrogens with one attached hydrogen (secondary N) is 1. The average molecular weight is 249 g/mol. The highest BCUT2D eigenvalue weighted by atomic mass is 16.6. The van der Waals surface area contributed by atoms with Crippen LogP contribution in [-0.4, -0.2) is 36.0 Å². The molecule has 0 bridgehead atoms. The van der Waals surface area contributed by atoms with Gasteiger partial charge in [0.05, 0.1) is 4.92 Å². The van der Waals surface area contributed by atoms with Gasteiger partial charge >= 0.3 is 0 Å². The maximum Gasteiger partial charge on any atom is 0.271 e. The summed E-state index contributed by atoms with van der Waals surface area (Å²) >= 11 is 0. The molecule has 1 aromatic carbocycles. The number of nitro benzene ring substituents is 1. The van der Waals surface area contributed by atoms with Crippen LogP contribution < -0.4 is 5.32 Å². The number of hydrogen-bond acceptors (Lipinski definition) is 4. The third kappa shape index (κ3) is 3.20. The van der Waals surface area contributed by atoms with Crippen LogP contribution in [0, 0.1) is 10.1 Å². The Hall–Kier alpha value is -1.62. The molecule has 5 nitrogen and oxygen atoms in total. The van der Waals surface area contributed by atoms with Crippen LogP contribution in [0.25, 0.3) is 0 Å². The van der Waals surface area contributed by atoms with E-state index in [4.69, 9.17) is 0 Å². The standard InChI is InChI=1S/C13H19N3O2/c1-15-8-3-2-6-13(15)10-14-11-5-4-7-12(9-11)16(17)18/h4-5,7,9,13-14H,2-3,6,8,10H2,1H3. The van der Waals surface area contributed by atoms with Gasteiger partial charge < -0.3 is 10.2 Å². The number of likely N-dealkylation sites (tertiary alicyclic amines) is 1. The smallest absolute Gasteiger partial charge is 0.271 e. The molecule has 1 aliphatic rings. The highest BCUT2D eigenvalue weighted by Gasteiger charge is 2.18. The Balaban J connectivity index is 1.93. The number of non-ortho nitro benzene ring substituents is 1. The highest BCUT2D eigenvalue weighted by molar-refractivity contribution is 5.50. The van der Waals surface area contributed by atoms with Gasteiger partial charge in [0.1, 0.15) is 0 Å². The normalized spacial score (nSPS) is 20.6. The molecule has 98 valence electrons. The molecule has 1 saturated heterocycles. The number of benzene rings is 1. The highest BCUT2D eigenvalue weighted by Crippen LogP contribution is 2.19. The second kappa shape index (κ2) is 5.82. The summed E-state index contributed by atoms with van der Waals surface area (Å²) in [6.45, 7) is 1.99. The van der Waals surface area contributed by atoms with Crippen LogP contribution in [0.5, 0.6) is 0 Å². The van der Waals surface area contributed by atoms with Gasteiger partial charge in [-0.15, -0.1) is 0 Å². The molecule has 1 heterocycles. The van der Waals surface area contributed by atoms with Crippen molar-refractivity contribution in [1.29, 1.82) is 0 Å². The molecule has 1 unspecified atom stereocenters. The Bertz CT molecular complexity index is 422. The lowest BCUT2D eigenvalue weighted by Crippen LogP contribution is -2.40. The van der Waals surface area contributed by atoms with E-state index < -0.39 is 0 Å². The van der Waals surface area contributed by atoms with E-state index in [0.29, 0.717) is 6.04 Å². The van der Waals surface area contributed by atoms with E-state index in [2.05, 4.69) is 17.3 Å². The molecule has 0 radical (unpaired) electrons. The summed E-state index contributed by atoms with van der Waals surface area (Å²) in [5.41, 5.74) is 0.958. The molecule has 1 atom stereocenters. The van der Waals surface area contributed by atoms with Crippen LogP contribution in [-0.2, 0) is 0 Å². The van der Waals surface area contributed by atoms with Crippen LogP contribution in [0.1, 0.15) is 19.3 Å². The molecule has 0 aromatic heterocycles. The minimum atomic E-state index is -0.363. The third-order valence-electron chi connectivity index (χ3n) is 3.52. The largest absolute Gasteiger partial charge is 0.383 e. The monoisotopic (exact) mass is 249 g/mol. The number of nitro groups is 1. The van der Waals surface area contributed by atoms with Crippen molar-refractivity contribution in [1.82, 2.24) is 4.90 Å². The van der Waals surface area contributed by atoms with E-state index in [-0.39, 0.29) is 10.6 Å². The second-order valence-electron chi connectivity index (χ2n) is 4.82.